The van der Waals surface area contributed by atoms with E-state index in [1.54, 1.807) is 0 Å². The fraction of sp³-hybridized carbons (Fsp3) is 0.474. The summed E-state index contributed by atoms with van der Waals surface area (Å²) < 4.78 is 2.02. The normalized spacial score (nSPS) is 15.0. The average Bonchev–Trinajstić information content (AvgIpc) is 2.76. The Morgan fingerprint density at radius 1 is 1.14 bits per heavy atom. The highest BCUT2D eigenvalue weighted by molar-refractivity contribution is 5.99. The van der Waals surface area contributed by atoms with Crippen molar-refractivity contribution in [2.75, 3.05) is 0 Å². The monoisotopic (exact) mass is 296 g/mol. The van der Waals surface area contributed by atoms with Gasteiger partial charge in [0.2, 0.25) is 0 Å². The molecule has 0 amide bonds. The molecule has 3 nitrogen and oxygen atoms in total. The predicted octanol–water partition coefficient (Wildman–Crippen LogP) is 4.06. The SMILES string of the molecule is Cc1nn(Cc2ccc(C(C)(C)C)cc2)c2c1C(=O)CCC2. The third-order valence-electron chi connectivity index (χ3n) is 4.48. The van der Waals surface area contributed by atoms with Gasteiger partial charge in [-0.25, -0.2) is 0 Å². The van der Waals surface area contributed by atoms with E-state index in [1.165, 1.54) is 11.1 Å². The van der Waals surface area contributed by atoms with Crippen molar-refractivity contribution in [1.82, 2.24) is 9.78 Å². The largest absolute Gasteiger partial charge is 0.294 e. The van der Waals surface area contributed by atoms with E-state index >= 15 is 0 Å². The number of hydrogen-bond donors (Lipinski definition) is 0. The van der Waals surface area contributed by atoms with E-state index in [0.717, 1.165) is 36.3 Å². The Hall–Kier alpha value is -1.90. The number of ketones is 1. The zero-order valence-electron chi connectivity index (χ0n) is 13.9. The van der Waals surface area contributed by atoms with Gasteiger partial charge in [0.1, 0.15) is 0 Å². The summed E-state index contributed by atoms with van der Waals surface area (Å²) in [5.41, 5.74) is 5.62. The van der Waals surface area contributed by atoms with Crippen LogP contribution in [0.3, 0.4) is 0 Å². The van der Waals surface area contributed by atoms with E-state index < -0.39 is 0 Å². The number of Topliss-reactive ketones (excluding diaryl/α,β-unsaturated/α-hetero) is 1. The van der Waals surface area contributed by atoms with Gasteiger partial charge in [0.25, 0.3) is 0 Å². The molecule has 1 aliphatic rings. The van der Waals surface area contributed by atoms with Gasteiger partial charge in [0.15, 0.2) is 5.78 Å². The van der Waals surface area contributed by atoms with E-state index in [0.29, 0.717) is 6.42 Å². The van der Waals surface area contributed by atoms with Gasteiger partial charge in [-0.05, 0) is 36.3 Å². The number of carbonyl (C=O) groups excluding carboxylic acids is 1. The fourth-order valence-corrected chi connectivity index (χ4v) is 3.20. The Morgan fingerprint density at radius 2 is 1.82 bits per heavy atom. The summed E-state index contributed by atoms with van der Waals surface area (Å²) in [4.78, 5) is 12.1. The van der Waals surface area contributed by atoms with Gasteiger partial charge in [-0.15, -0.1) is 0 Å². The van der Waals surface area contributed by atoms with E-state index in [-0.39, 0.29) is 11.2 Å². The second-order valence-corrected chi connectivity index (χ2v) is 7.29. The van der Waals surface area contributed by atoms with Crippen LogP contribution in [0.2, 0.25) is 0 Å². The molecule has 0 bridgehead atoms. The third-order valence-corrected chi connectivity index (χ3v) is 4.48. The molecule has 1 aromatic heterocycles. The first-order valence-electron chi connectivity index (χ1n) is 8.05. The lowest BCUT2D eigenvalue weighted by atomic mass is 9.87. The lowest BCUT2D eigenvalue weighted by Gasteiger charge is -2.19. The minimum Gasteiger partial charge on any atom is -0.294 e. The molecule has 0 atom stereocenters. The standard InChI is InChI=1S/C19H24N2O/c1-13-18-16(6-5-7-17(18)22)21(20-13)12-14-8-10-15(11-9-14)19(2,3)4/h8-11H,5-7,12H2,1-4H3. The van der Waals surface area contributed by atoms with Crippen LogP contribution in [0.5, 0.6) is 0 Å². The van der Waals surface area contributed by atoms with Gasteiger partial charge in [-0.1, -0.05) is 45.0 Å². The minimum atomic E-state index is 0.173. The Kier molecular flexibility index (Phi) is 3.67. The first-order chi connectivity index (χ1) is 10.4. The second kappa shape index (κ2) is 5.38. The first-order valence-corrected chi connectivity index (χ1v) is 8.05. The number of aromatic nitrogens is 2. The zero-order valence-corrected chi connectivity index (χ0v) is 13.9. The smallest absolute Gasteiger partial charge is 0.166 e. The molecule has 0 spiro atoms. The van der Waals surface area contributed by atoms with Crippen molar-refractivity contribution in [3.05, 3.63) is 52.3 Å². The van der Waals surface area contributed by atoms with E-state index in [9.17, 15) is 4.79 Å². The fourth-order valence-electron chi connectivity index (χ4n) is 3.20. The van der Waals surface area contributed by atoms with Crippen LogP contribution in [-0.2, 0) is 18.4 Å². The number of carbonyl (C=O) groups is 1. The molecule has 3 rings (SSSR count). The number of fused-ring (bicyclic) bond motifs is 1. The van der Waals surface area contributed by atoms with E-state index in [1.807, 2.05) is 11.6 Å². The van der Waals surface area contributed by atoms with Crippen LogP contribution >= 0.6 is 0 Å². The third kappa shape index (κ3) is 2.72. The highest BCUT2D eigenvalue weighted by Crippen LogP contribution is 2.26. The number of rotatable bonds is 2. The molecular weight excluding hydrogens is 272 g/mol. The average molecular weight is 296 g/mol. The number of aryl methyl sites for hydroxylation is 1. The van der Waals surface area contributed by atoms with Gasteiger partial charge in [-0.3, -0.25) is 9.48 Å². The molecule has 0 saturated carbocycles. The zero-order chi connectivity index (χ0) is 15.9. The van der Waals surface area contributed by atoms with Crippen molar-refractivity contribution in [1.29, 1.82) is 0 Å². The van der Waals surface area contributed by atoms with Crippen LogP contribution in [0.25, 0.3) is 0 Å². The van der Waals surface area contributed by atoms with E-state index in [4.69, 9.17) is 0 Å². The quantitative estimate of drug-likeness (QED) is 0.837. The predicted molar refractivity (Wildman–Crippen MR) is 88.5 cm³/mol. The number of nitrogens with zero attached hydrogens (tertiary/aromatic N) is 2. The second-order valence-electron chi connectivity index (χ2n) is 7.29. The topological polar surface area (TPSA) is 34.9 Å². The first kappa shape index (κ1) is 15.0. The lowest BCUT2D eigenvalue weighted by molar-refractivity contribution is 0.0971. The highest BCUT2D eigenvalue weighted by Gasteiger charge is 2.24. The summed E-state index contributed by atoms with van der Waals surface area (Å²) in [5.74, 6) is 0.257. The Balaban J connectivity index is 1.88. The maximum absolute atomic E-state index is 12.1. The Morgan fingerprint density at radius 3 is 2.45 bits per heavy atom. The number of benzene rings is 1. The maximum atomic E-state index is 12.1. The number of hydrogen-bond acceptors (Lipinski definition) is 2. The van der Waals surface area contributed by atoms with Crippen LogP contribution < -0.4 is 0 Å². The maximum Gasteiger partial charge on any atom is 0.166 e. The van der Waals surface area contributed by atoms with E-state index in [2.05, 4.69) is 50.1 Å². The van der Waals surface area contributed by atoms with Crippen molar-refractivity contribution in [2.45, 2.75) is 58.9 Å². The van der Waals surface area contributed by atoms with Gasteiger partial charge in [0.05, 0.1) is 17.8 Å². The molecule has 0 N–H and O–H groups in total. The van der Waals surface area contributed by atoms with Gasteiger partial charge >= 0.3 is 0 Å². The van der Waals surface area contributed by atoms with Crippen LogP contribution in [-0.4, -0.2) is 15.6 Å². The summed E-state index contributed by atoms with van der Waals surface area (Å²) >= 11 is 0. The molecular formula is C19H24N2O. The molecule has 0 saturated heterocycles. The van der Waals surface area contributed by atoms with Crippen LogP contribution in [0.4, 0.5) is 0 Å². The highest BCUT2D eigenvalue weighted by atomic mass is 16.1. The molecule has 1 aliphatic carbocycles. The molecule has 0 unspecified atom stereocenters. The summed E-state index contributed by atoms with van der Waals surface area (Å²) in [6.07, 6.45) is 2.57. The Labute approximate surface area is 132 Å². The van der Waals surface area contributed by atoms with Gasteiger partial charge in [-0.2, -0.15) is 5.10 Å². The van der Waals surface area contributed by atoms with Crippen molar-refractivity contribution in [3.63, 3.8) is 0 Å². The molecule has 0 fully saturated rings. The molecule has 0 radical (unpaired) electrons. The molecule has 1 heterocycles. The van der Waals surface area contributed by atoms with Crippen molar-refractivity contribution in [3.8, 4) is 0 Å². The minimum absolute atomic E-state index is 0.173. The van der Waals surface area contributed by atoms with Crippen molar-refractivity contribution < 1.29 is 4.79 Å². The van der Waals surface area contributed by atoms with Crippen LogP contribution in [0.1, 0.15) is 66.5 Å². The molecule has 116 valence electrons. The summed E-state index contributed by atoms with van der Waals surface area (Å²) in [6, 6.07) is 8.75. The Bertz CT molecular complexity index is 702. The molecule has 3 heteroatoms. The van der Waals surface area contributed by atoms with Crippen molar-refractivity contribution in [2.24, 2.45) is 0 Å². The van der Waals surface area contributed by atoms with Gasteiger partial charge in [0, 0.05) is 12.1 Å². The molecule has 2 aromatic rings. The summed E-state index contributed by atoms with van der Waals surface area (Å²) in [7, 11) is 0. The summed E-state index contributed by atoms with van der Waals surface area (Å²) in [6.45, 7) is 9.36. The molecule has 1 aromatic carbocycles. The summed E-state index contributed by atoms with van der Waals surface area (Å²) in [5, 5.41) is 4.60. The lowest BCUT2D eigenvalue weighted by Crippen LogP contribution is -2.15. The van der Waals surface area contributed by atoms with Gasteiger partial charge < -0.3 is 0 Å². The molecule has 22 heavy (non-hydrogen) atoms. The van der Waals surface area contributed by atoms with Crippen molar-refractivity contribution >= 4 is 5.78 Å². The van der Waals surface area contributed by atoms with Crippen LogP contribution in [0, 0.1) is 6.92 Å². The molecule has 0 aliphatic heterocycles. The van der Waals surface area contributed by atoms with Crippen LogP contribution in [0.15, 0.2) is 24.3 Å².